The van der Waals surface area contributed by atoms with Gasteiger partial charge >= 0.3 is 0 Å². The van der Waals surface area contributed by atoms with Crippen LogP contribution in [0.15, 0.2) is 0 Å². The Labute approximate surface area is 115 Å². The first-order valence-electron chi connectivity index (χ1n) is 7.94. The maximum atomic E-state index is 5.64. The Balaban J connectivity index is 2.99. The first kappa shape index (κ1) is 17.9. The van der Waals surface area contributed by atoms with Gasteiger partial charge in [-0.05, 0) is 6.42 Å². The second kappa shape index (κ2) is 12.0. The number of nitrogens with zero attached hydrogens (tertiary/aromatic N) is 1. The van der Waals surface area contributed by atoms with Crippen LogP contribution in [0.3, 0.4) is 0 Å². The predicted molar refractivity (Wildman–Crippen MR) is 80.7 cm³/mol. The standard InChI is InChI=1S/C16H36NO/c1-5-6-7-8-9-10-11-12-13-14-15-18-16-17(2,3)4/h5-16H2,1-4H3/q+1. The van der Waals surface area contributed by atoms with Gasteiger partial charge in [-0.1, -0.05) is 64.7 Å². The Morgan fingerprint density at radius 3 is 1.56 bits per heavy atom. The molecule has 0 spiro atoms. The van der Waals surface area contributed by atoms with Gasteiger partial charge in [0.05, 0.1) is 27.7 Å². The molecule has 18 heavy (non-hydrogen) atoms. The molecular weight excluding hydrogens is 222 g/mol. The molecule has 2 heteroatoms. The van der Waals surface area contributed by atoms with Crippen LogP contribution in [0.25, 0.3) is 0 Å². The van der Waals surface area contributed by atoms with Gasteiger partial charge < -0.3 is 9.22 Å². The van der Waals surface area contributed by atoms with Gasteiger partial charge in [0.25, 0.3) is 0 Å². The molecule has 0 rings (SSSR count). The molecule has 0 saturated carbocycles. The molecule has 2 nitrogen and oxygen atoms in total. The van der Waals surface area contributed by atoms with Gasteiger partial charge in [0.15, 0.2) is 6.73 Å². The zero-order chi connectivity index (χ0) is 13.7. The molecule has 0 aliphatic carbocycles. The van der Waals surface area contributed by atoms with Crippen molar-refractivity contribution >= 4 is 0 Å². The molecule has 0 aliphatic rings. The van der Waals surface area contributed by atoms with Crippen LogP contribution in [0.1, 0.15) is 71.1 Å². The van der Waals surface area contributed by atoms with E-state index in [0.717, 1.165) is 17.8 Å². The number of hydrogen-bond acceptors (Lipinski definition) is 1. The van der Waals surface area contributed by atoms with Gasteiger partial charge in [0.1, 0.15) is 0 Å². The molecule has 0 unspecified atom stereocenters. The van der Waals surface area contributed by atoms with Crippen molar-refractivity contribution in [2.45, 2.75) is 71.1 Å². The highest BCUT2D eigenvalue weighted by molar-refractivity contribution is 4.47. The van der Waals surface area contributed by atoms with Crippen LogP contribution in [0.4, 0.5) is 0 Å². The van der Waals surface area contributed by atoms with E-state index >= 15 is 0 Å². The van der Waals surface area contributed by atoms with Gasteiger partial charge in [-0.2, -0.15) is 0 Å². The molecule has 0 aromatic carbocycles. The lowest BCUT2D eigenvalue weighted by atomic mass is 10.1. The molecule has 0 saturated heterocycles. The molecule has 110 valence electrons. The summed E-state index contributed by atoms with van der Waals surface area (Å²) in [5.41, 5.74) is 0. The maximum absolute atomic E-state index is 5.64. The van der Waals surface area contributed by atoms with Crippen LogP contribution in [0.2, 0.25) is 0 Å². The minimum atomic E-state index is 0.831. The van der Waals surface area contributed by atoms with Crippen molar-refractivity contribution < 1.29 is 9.22 Å². The third-order valence-electron chi connectivity index (χ3n) is 3.12. The van der Waals surface area contributed by atoms with Crippen LogP contribution in [0.5, 0.6) is 0 Å². The summed E-state index contributed by atoms with van der Waals surface area (Å²) < 4.78 is 6.54. The molecule has 0 aliphatic heterocycles. The molecule has 0 bridgehead atoms. The summed E-state index contributed by atoms with van der Waals surface area (Å²) in [6.45, 7) is 4.05. The first-order valence-corrected chi connectivity index (χ1v) is 7.94. The largest absolute Gasteiger partial charge is 0.332 e. The molecule has 0 N–H and O–H groups in total. The second-order valence-electron chi connectivity index (χ2n) is 6.51. The fourth-order valence-electron chi connectivity index (χ4n) is 2.03. The highest BCUT2D eigenvalue weighted by atomic mass is 16.5. The van der Waals surface area contributed by atoms with Crippen molar-refractivity contribution in [3.8, 4) is 0 Å². The molecule has 0 heterocycles. The highest BCUT2D eigenvalue weighted by Gasteiger charge is 2.05. The number of rotatable bonds is 13. The van der Waals surface area contributed by atoms with Gasteiger partial charge in [0.2, 0.25) is 0 Å². The van der Waals surface area contributed by atoms with Crippen LogP contribution in [-0.2, 0) is 4.74 Å². The van der Waals surface area contributed by atoms with Crippen LogP contribution in [-0.4, -0.2) is 39.0 Å². The smallest absolute Gasteiger partial charge is 0.182 e. The van der Waals surface area contributed by atoms with Crippen LogP contribution >= 0.6 is 0 Å². The van der Waals surface area contributed by atoms with Gasteiger partial charge in [0, 0.05) is 0 Å². The lowest BCUT2D eigenvalue weighted by molar-refractivity contribution is -0.890. The predicted octanol–water partition coefficient (Wildman–Crippen LogP) is 4.59. The monoisotopic (exact) mass is 258 g/mol. The summed E-state index contributed by atoms with van der Waals surface area (Å²) in [4.78, 5) is 0. The third-order valence-corrected chi connectivity index (χ3v) is 3.12. The third kappa shape index (κ3) is 15.9. The van der Waals surface area contributed by atoms with Crippen molar-refractivity contribution in [3.05, 3.63) is 0 Å². The molecule has 0 aromatic heterocycles. The molecular formula is C16H36NO+. The summed E-state index contributed by atoms with van der Waals surface area (Å²) in [5.74, 6) is 0. The molecule has 0 atom stereocenters. The highest BCUT2D eigenvalue weighted by Crippen LogP contribution is 2.10. The van der Waals surface area contributed by atoms with E-state index < -0.39 is 0 Å². The average Bonchev–Trinajstić information content (AvgIpc) is 2.29. The Hall–Kier alpha value is -0.0800. The van der Waals surface area contributed by atoms with E-state index in [1.165, 1.54) is 64.2 Å². The average molecular weight is 258 g/mol. The summed E-state index contributed by atoms with van der Waals surface area (Å²) in [6, 6.07) is 0. The van der Waals surface area contributed by atoms with E-state index in [4.69, 9.17) is 4.74 Å². The Morgan fingerprint density at radius 2 is 1.11 bits per heavy atom. The van der Waals surface area contributed by atoms with Gasteiger partial charge in [-0.15, -0.1) is 0 Å². The Morgan fingerprint density at radius 1 is 0.667 bits per heavy atom. The fourth-order valence-corrected chi connectivity index (χ4v) is 2.03. The van der Waals surface area contributed by atoms with Gasteiger partial charge in [-0.3, -0.25) is 0 Å². The number of quaternary nitrogens is 1. The topological polar surface area (TPSA) is 9.23 Å². The zero-order valence-corrected chi connectivity index (χ0v) is 13.3. The Bertz CT molecular complexity index is 163. The number of unbranched alkanes of at least 4 members (excludes halogenated alkanes) is 9. The minimum absolute atomic E-state index is 0.831. The Kier molecular flexibility index (Phi) is 11.9. The zero-order valence-electron chi connectivity index (χ0n) is 13.3. The van der Waals surface area contributed by atoms with Crippen molar-refractivity contribution in [2.24, 2.45) is 0 Å². The van der Waals surface area contributed by atoms with E-state index in [2.05, 4.69) is 28.1 Å². The SMILES string of the molecule is CCCCCCCCCCCCOC[N+](C)(C)C. The fraction of sp³-hybridized carbons (Fsp3) is 1.00. The molecule has 0 radical (unpaired) electrons. The summed E-state index contributed by atoms with van der Waals surface area (Å²) >= 11 is 0. The summed E-state index contributed by atoms with van der Waals surface area (Å²) in [5, 5.41) is 0. The summed E-state index contributed by atoms with van der Waals surface area (Å²) in [6.07, 6.45) is 13.9. The number of ether oxygens (including phenoxy) is 1. The first-order chi connectivity index (χ1) is 8.56. The van der Waals surface area contributed by atoms with Crippen molar-refractivity contribution in [1.82, 2.24) is 0 Å². The minimum Gasteiger partial charge on any atom is -0.332 e. The van der Waals surface area contributed by atoms with E-state index in [1.54, 1.807) is 0 Å². The molecule has 0 aromatic rings. The van der Waals surface area contributed by atoms with Crippen molar-refractivity contribution in [1.29, 1.82) is 0 Å². The molecule has 0 amide bonds. The van der Waals surface area contributed by atoms with E-state index in [1.807, 2.05) is 0 Å². The second-order valence-corrected chi connectivity index (χ2v) is 6.51. The molecule has 0 fully saturated rings. The van der Waals surface area contributed by atoms with E-state index in [-0.39, 0.29) is 0 Å². The summed E-state index contributed by atoms with van der Waals surface area (Å²) in [7, 11) is 6.50. The van der Waals surface area contributed by atoms with E-state index in [0.29, 0.717) is 0 Å². The maximum Gasteiger partial charge on any atom is 0.182 e. The van der Waals surface area contributed by atoms with Crippen LogP contribution < -0.4 is 0 Å². The van der Waals surface area contributed by atoms with Crippen LogP contribution in [0, 0.1) is 0 Å². The lowest BCUT2D eigenvalue weighted by Crippen LogP contribution is -2.36. The van der Waals surface area contributed by atoms with Crippen molar-refractivity contribution in [2.75, 3.05) is 34.5 Å². The van der Waals surface area contributed by atoms with Gasteiger partial charge in [-0.25, -0.2) is 0 Å². The quantitative estimate of drug-likeness (QED) is 0.267. The lowest BCUT2D eigenvalue weighted by Gasteiger charge is -2.23. The van der Waals surface area contributed by atoms with Crippen molar-refractivity contribution in [3.63, 3.8) is 0 Å². The number of hydrogen-bond donors (Lipinski definition) is 0. The normalized spacial score (nSPS) is 12.0. The van der Waals surface area contributed by atoms with E-state index in [9.17, 15) is 0 Å².